The van der Waals surface area contributed by atoms with Crippen molar-refractivity contribution in [2.75, 3.05) is 0 Å². The Kier molecular flexibility index (Phi) is 3.63. The van der Waals surface area contributed by atoms with Crippen LogP contribution >= 0.6 is 35.0 Å². The van der Waals surface area contributed by atoms with Gasteiger partial charge in [-0.1, -0.05) is 23.2 Å². The fraction of sp³-hybridized carbons (Fsp3) is 0.100. The van der Waals surface area contributed by atoms with Crippen molar-refractivity contribution in [1.29, 1.82) is 0 Å². The summed E-state index contributed by atoms with van der Waals surface area (Å²) in [6.45, 7) is 0. The number of hydrogen-bond donors (Lipinski definition) is 1. The summed E-state index contributed by atoms with van der Waals surface area (Å²) in [7, 11) is 0. The second-order valence-corrected chi connectivity index (χ2v) is 4.91. The van der Waals surface area contributed by atoms with Gasteiger partial charge in [-0.25, -0.2) is 0 Å². The van der Waals surface area contributed by atoms with Crippen LogP contribution in [0.1, 0.15) is 5.76 Å². The number of nitrogens with one attached hydrogen (secondary N) is 1. The predicted molar refractivity (Wildman–Crippen MR) is 65.4 cm³/mol. The molecule has 1 aromatic carbocycles. The van der Waals surface area contributed by atoms with Crippen LogP contribution in [0.25, 0.3) is 0 Å². The Hall–Kier alpha value is -0.840. The first-order valence-corrected chi connectivity index (χ1v) is 6.14. The van der Waals surface area contributed by atoms with Gasteiger partial charge < -0.3 is 4.52 Å². The molecule has 2 rings (SSSR count). The summed E-state index contributed by atoms with van der Waals surface area (Å²) in [5.41, 5.74) is -0.232. The lowest BCUT2D eigenvalue weighted by Gasteiger charge is -2.00. The molecule has 0 bridgehead atoms. The molecule has 2 aromatic rings. The quantitative estimate of drug-likeness (QED) is 0.872. The van der Waals surface area contributed by atoms with Crippen molar-refractivity contribution in [2.45, 2.75) is 10.6 Å². The molecule has 1 heterocycles. The van der Waals surface area contributed by atoms with Gasteiger partial charge in [-0.2, -0.15) is 5.16 Å². The van der Waals surface area contributed by atoms with Crippen LogP contribution in [0.15, 0.2) is 38.5 Å². The van der Waals surface area contributed by atoms with Gasteiger partial charge in [-0.05, 0) is 18.2 Å². The van der Waals surface area contributed by atoms with E-state index in [9.17, 15) is 4.79 Å². The second-order valence-electron chi connectivity index (χ2n) is 3.04. The molecule has 0 saturated heterocycles. The van der Waals surface area contributed by atoms with Crippen LogP contribution < -0.4 is 5.56 Å². The minimum absolute atomic E-state index is 0.232. The van der Waals surface area contributed by atoms with Gasteiger partial charge in [0.25, 0.3) is 5.56 Å². The molecule has 6 heteroatoms. The molecule has 0 unspecified atom stereocenters. The van der Waals surface area contributed by atoms with Gasteiger partial charge in [0.05, 0.1) is 15.8 Å². The van der Waals surface area contributed by atoms with E-state index in [1.807, 2.05) is 6.07 Å². The van der Waals surface area contributed by atoms with E-state index in [4.69, 9.17) is 27.7 Å². The highest BCUT2D eigenvalue weighted by atomic mass is 35.5. The van der Waals surface area contributed by atoms with Crippen molar-refractivity contribution in [3.05, 3.63) is 50.4 Å². The van der Waals surface area contributed by atoms with Gasteiger partial charge in [0.1, 0.15) is 5.76 Å². The maximum atomic E-state index is 10.8. The van der Waals surface area contributed by atoms with Crippen molar-refractivity contribution < 1.29 is 4.52 Å². The molecule has 16 heavy (non-hydrogen) atoms. The molecule has 3 nitrogen and oxygen atoms in total. The zero-order valence-electron chi connectivity index (χ0n) is 8.00. The van der Waals surface area contributed by atoms with Crippen molar-refractivity contribution in [2.24, 2.45) is 0 Å². The minimum Gasteiger partial charge on any atom is -0.383 e. The summed E-state index contributed by atoms with van der Waals surface area (Å²) in [5, 5.41) is 3.28. The third-order valence-electron chi connectivity index (χ3n) is 1.85. The topological polar surface area (TPSA) is 46.0 Å². The monoisotopic (exact) mass is 275 g/mol. The fourth-order valence-electron chi connectivity index (χ4n) is 1.11. The zero-order valence-corrected chi connectivity index (χ0v) is 10.3. The Bertz CT molecular complexity index is 550. The average molecular weight is 276 g/mol. The molecule has 0 radical (unpaired) electrons. The molecule has 0 aliphatic carbocycles. The lowest BCUT2D eigenvalue weighted by atomic mass is 10.4. The SMILES string of the molecule is O=c1cc(CSc2ccc(Cl)c(Cl)c2)o[nH]1. The number of thioether (sulfide) groups is 1. The Morgan fingerprint density at radius 1 is 1.25 bits per heavy atom. The summed E-state index contributed by atoms with van der Waals surface area (Å²) in [6, 6.07) is 6.80. The molecule has 0 saturated carbocycles. The molecule has 0 spiro atoms. The number of benzene rings is 1. The first kappa shape index (κ1) is 11.6. The van der Waals surface area contributed by atoms with E-state index >= 15 is 0 Å². The first-order valence-electron chi connectivity index (χ1n) is 4.40. The largest absolute Gasteiger partial charge is 0.383 e. The first-order chi connectivity index (χ1) is 7.65. The van der Waals surface area contributed by atoms with Crippen LogP contribution in [0.4, 0.5) is 0 Å². The molecular formula is C10H7Cl2NO2S. The van der Waals surface area contributed by atoms with Crippen LogP contribution in [-0.4, -0.2) is 5.16 Å². The number of rotatable bonds is 3. The summed E-state index contributed by atoms with van der Waals surface area (Å²) in [4.78, 5) is 11.8. The lowest BCUT2D eigenvalue weighted by molar-refractivity contribution is 0.390. The van der Waals surface area contributed by atoms with E-state index < -0.39 is 0 Å². The summed E-state index contributed by atoms with van der Waals surface area (Å²) < 4.78 is 4.92. The van der Waals surface area contributed by atoms with Gasteiger partial charge in [0.2, 0.25) is 0 Å². The highest BCUT2D eigenvalue weighted by molar-refractivity contribution is 7.98. The molecule has 1 aromatic heterocycles. The van der Waals surface area contributed by atoms with Gasteiger partial charge in [0, 0.05) is 11.0 Å². The van der Waals surface area contributed by atoms with E-state index in [1.165, 1.54) is 17.8 Å². The molecule has 1 N–H and O–H groups in total. The van der Waals surface area contributed by atoms with Crippen LogP contribution in [0.3, 0.4) is 0 Å². The Balaban J connectivity index is 2.04. The Morgan fingerprint density at radius 3 is 2.69 bits per heavy atom. The normalized spacial score (nSPS) is 10.6. The Labute approximate surface area is 106 Å². The van der Waals surface area contributed by atoms with Crippen molar-refractivity contribution in [1.82, 2.24) is 5.16 Å². The number of halogens is 2. The van der Waals surface area contributed by atoms with Crippen LogP contribution in [0, 0.1) is 0 Å². The maximum absolute atomic E-state index is 10.8. The fourth-order valence-corrected chi connectivity index (χ4v) is 2.29. The highest BCUT2D eigenvalue weighted by Crippen LogP contribution is 2.29. The summed E-state index contributed by atoms with van der Waals surface area (Å²) in [5.74, 6) is 1.16. The summed E-state index contributed by atoms with van der Waals surface area (Å²) >= 11 is 13.2. The Morgan fingerprint density at radius 2 is 2.06 bits per heavy atom. The smallest absolute Gasteiger partial charge is 0.280 e. The molecule has 0 fully saturated rings. The lowest BCUT2D eigenvalue weighted by Crippen LogP contribution is -1.92. The number of hydrogen-bond acceptors (Lipinski definition) is 3. The molecule has 0 atom stereocenters. The third-order valence-corrected chi connectivity index (χ3v) is 3.60. The van der Waals surface area contributed by atoms with Crippen molar-refractivity contribution >= 4 is 35.0 Å². The molecule has 0 amide bonds. The third kappa shape index (κ3) is 2.84. The van der Waals surface area contributed by atoms with Crippen LogP contribution in [0.2, 0.25) is 10.0 Å². The maximum Gasteiger partial charge on any atom is 0.280 e. The van der Waals surface area contributed by atoms with E-state index in [1.54, 1.807) is 12.1 Å². The van der Waals surface area contributed by atoms with Crippen LogP contribution in [-0.2, 0) is 5.75 Å². The number of aromatic nitrogens is 1. The number of aromatic amines is 1. The van der Waals surface area contributed by atoms with Gasteiger partial charge >= 0.3 is 0 Å². The minimum atomic E-state index is -0.232. The summed E-state index contributed by atoms with van der Waals surface area (Å²) in [6.07, 6.45) is 0. The molecule has 0 aliphatic rings. The zero-order chi connectivity index (χ0) is 11.5. The van der Waals surface area contributed by atoms with E-state index in [0.717, 1.165) is 4.90 Å². The van der Waals surface area contributed by atoms with Crippen LogP contribution in [0.5, 0.6) is 0 Å². The second kappa shape index (κ2) is 4.99. The van der Waals surface area contributed by atoms with Crippen molar-refractivity contribution in [3.63, 3.8) is 0 Å². The van der Waals surface area contributed by atoms with Crippen molar-refractivity contribution in [3.8, 4) is 0 Å². The molecule has 0 aliphatic heterocycles. The highest BCUT2D eigenvalue weighted by Gasteiger charge is 2.03. The molecule has 84 valence electrons. The van der Waals surface area contributed by atoms with E-state index in [-0.39, 0.29) is 5.56 Å². The van der Waals surface area contributed by atoms with Gasteiger partial charge in [-0.15, -0.1) is 11.8 Å². The molecular weight excluding hydrogens is 269 g/mol. The number of H-pyrrole nitrogens is 1. The van der Waals surface area contributed by atoms with E-state index in [0.29, 0.717) is 21.6 Å². The average Bonchev–Trinajstić information content (AvgIpc) is 2.66. The predicted octanol–water partition coefficient (Wildman–Crippen LogP) is 3.57. The van der Waals surface area contributed by atoms with Gasteiger partial charge in [-0.3, -0.25) is 4.79 Å². The van der Waals surface area contributed by atoms with E-state index in [2.05, 4.69) is 5.16 Å². The standard InChI is InChI=1S/C10H7Cl2NO2S/c11-8-2-1-7(4-9(8)12)16-5-6-3-10(14)13-15-6/h1-4H,5H2,(H,13,14). The van der Waals surface area contributed by atoms with Gasteiger partial charge in [0.15, 0.2) is 0 Å².